The molecule has 0 spiro atoms. The number of benzene rings is 3. The standard InChI is InChI=1S/C33H29F2N3O2/c1-20-8-9-22(31(39)37-33(15-16-33)23-6-4-3-5-7-23)18-26(20)25-14-17-38-19-27(21-10-12-24(34)13-11-21)28(32(40)36-2)30(38)29(25)35/h3-14,17-19,32,36,40H,15-16H2,1-2H3,(H,37,39). The normalized spacial score (nSPS) is 14.7. The Balaban J connectivity index is 1.42. The number of nitrogens with one attached hydrogen (secondary N) is 2. The Labute approximate surface area is 231 Å². The van der Waals surface area contributed by atoms with E-state index in [9.17, 15) is 14.3 Å². The van der Waals surface area contributed by atoms with E-state index in [2.05, 4.69) is 10.6 Å². The van der Waals surface area contributed by atoms with Crippen molar-refractivity contribution in [2.75, 3.05) is 7.05 Å². The lowest BCUT2D eigenvalue weighted by Gasteiger charge is -2.19. The first kappa shape index (κ1) is 25.9. The van der Waals surface area contributed by atoms with Crippen molar-refractivity contribution in [3.63, 3.8) is 0 Å². The first-order valence-corrected chi connectivity index (χ1v) is 13.2. The molecule has 3 N–H and O–H groups in total. The maximum atomic E-state index is 16.4. The molecule has 1 saturated carbocycles. The summed E-state index contributed by atoms with van der Waals surface area (Å²) in [5.74, 6) is -1.12. The zero-order valence-corrected chi connectivity index (χ0v) is 22.2. The molecule has 1 aliphatic carbocycles. The summed E-state index contributed by atoms with van der Waals surface area (Å²) in [6, 6.07) is 22.8. The SMILES string of the molecule is CNC(O)c1c(-c2ccc(F)cc2)cn2ccc(-c3cc(C(=O)NC4(c5ccccc5)CC4)ccc3C)c(F)c12. The van der Waals surface area contributed by atoms with Crippen LogP contribution in [0.15, 0.2) is 91.3 Å². The number of aliphatic hydroxyl groups is 1. The number of rotatable bonds is 7. The molecule has 5 nitrogen and oxygen atoms in total. The van der Waals surface area contributed by atoms with Gasteiger partial charge in [0.2, 0.25) is 0 Å². The Hall–Kier alpha value is -4.33. The van der Waals surface area contributed by atoms with Gasteiger partial charge in [-0.15, -0.1) is 0 Å². The monoisotopic (exact) mass is 537 g/mol. The molecular weight excluding hydrogens is 508 g/mol. The van der Waals surface area contributed by atoms with Crippen molar-refractivity contribution in [3.8, 4) is 22.3 Å². The van der Waals surface area contributed by atoms with Gasteiger partial charge in [-0.25, -0.2) is 8.78 Å². The molecule has 1 aliphatic rings. The molecule has 6 rings (SSSR count). The van der Waals surface area contributed by atoms with E-state index in [4.69, 9.17) is 0 Å². The van der Waals surface area contributed by atoms with Crippen LogP contribution in [0.25, 0.3) is 27.8 Å². The van der Waals surface area contributed by atoms with Crippen LogP contribution in [-0.4, -0.2) is 22.5 Å². The van der Waals surface area contributed by atoms with Gasteiger partial charge < -0.3 is 14.8 Å². The van der Waals surface area contributed by atoms with Gasteiger partial charge in [0, 0.05) is 34.6 Å². The fraction of sp³-hybridized carbons (Fsp3) is 0.182. The van der Waals surface area contributed by atoms with Crippen molar-refractivity contribution < 1.29 is 18.7 Å². The molecule has 0 bridgehead atoms. The van der Waals surface area contributed by atoms with Gasteiger partial charge in [0.05, 0.1) is 11.1 Å². The molecule has 1 unspecified atom stereocenters. The van der Waals surface area contributed by atoms with Gasteiger partial charge in [0.1, 0.15) is 12.0 Å². The number of carbonyl (C=O) groups is 1. The van der Waals surface area contributed by atoms with E-state index in [-0.39, 0.29) is 22.8 Å². The average Bonchev–Trinajstić information content (AvgIpc) is 3.65. The van der Waals surface area contributed by atoms with Crippen LogP contribution in [0, 0.1) is 18.6 Å². The smallest absolute Gasteiger partial charge is 0.251 e. The number of aromatic nitrogens is 1. The zero-order valence-electron chi connectivity index (χ0n) is 22.2. The average molecular weight is 538 g/mol. The molecule has 0 saturated heterocycles. The predicted molar refractivity (Wildman–Crippen MR) is 152 cm³/mol. The number of nitrogens with zero attached hydrogens (tertiary/aromatic N) is 1. The minimum atomic E-state index is -1.17. The Kier molecular flexibility index (Phi) is 6.49. The Morgan fingerprint density at radius 2 is 1.68 bits per heavy atom. The summed E-state index contributed by atoms with van der Waals surface area (Å²) in [7, 11) is 1.58. The maximum absolute atomic E-state index is 16.4. The molecule has 2 aromatic heterocycles. The van der Waals surface area contributed by atoms with E-state index in [1.807, 2.05) is 43.3 Å². The van der Waals surface area contributed by atoms with Gasteiger partial charge in [-0.3, -0.25) is 10.1 Å². The second kappa shape index (κ2) is 10.0. The predicted octanol–water partition coefficient (Wildman–Crippen LogP) is 6.49. The highest BCUT2D eigenvalue weighted by Gasteiger charge is 2.45. The Bertz CT molecular complexity index is 1720. The maximum Gasteiger partial charge on any atom is 0.251 e. The highest BCUT2D eigenvalue weighted by molar-refractivity contribution is 5.97. The largest absolute Gasteiger partial charge is 0.374 e. The molecule has 3 aromatic carbocycles. The number of aliphatic hydroxyl groups excluding tert-OH is 1. The summed E-state index contributed by atoms with van der Waals surface area (Å²) in [5.41, 5.74) is 4.65. The highest BCUT2D eigenvalue weighted by atomic mass is 19.1. The van der Waals surface area contributed by atoms with E-state index in [1.165, 1.54) is 12.1 Å². The summed E-state index contributed by atoms with van der Waals surface area (Å²) in [6.07, 6.45) is 4.02. The number of pyridine rings is 1. The lowest BCUT2D eigenvalue weighted by Crippen LogP contribution is -2.34. The third kappa shape index (κ3) is 4.47. The summed E-state index contributed by atoms with van der Waals surface area (Å²) in [5, 5.41) is 16.8. The van der Waals surface area contributed by atoms with Crippen LogP contribution >= 0.6 is 0 Å². The second-order valence-electron chi connectivity index (χ2n) is 10.4. The van der Waals surface area contributed by atoms with Crippen molar-refractivity contribution in [3.05, 3.63) is 125 Å². The third-order valence-electron chi connectivity index (χ3n) is 7.84. The second-order valence-corrected chi connectivity index (χ2v) is 10.4. The minimum absolute atomic E-state index is 0.203. The number of amides is 1. The first-order chi connectivity index (χ1) is 19.3. The van der Waals surface area contributed by atoms with Crippen LogP contribution in [0.4, 0.5) is 8.78 Å². The first-order valence-electron chi connectivity index (χ1n) is 13.2. The van der Waals surface area contributed by atoms with E-state index in [1.54, 1.807) is 54.2 Å². The molecular formula is C33H29F2N3O2. The van der Waals surface area contributed by atoms with Gasteiger partial charge in [-0.1, -0.05) is 48.5 Å². The highest BCUT2D eigenvalue weighted by Crippen LogP contribution is 2.45. The van der Waals surface area contributed by atoms with Crippen LogP contribution in [0.1, 0.15) is 46.1 Å². The summed E-state index contributed by atoms with van der Waals surface area (Å²) in [4.78, 5) is 13.4. The minimum Gasteiger partial charge on any atom is -0.374 e. The molecule has 5 aromatic rings. The van der Waals surface area contributed by atoms with Gasteiger partial charge in [0.15, 0.2) is 5.82 Å². The number of hydrogen-bond donors (Lipinski definition) is 3. The molecule has 0 aliphatic heterocycles. The van der Waals surface area contributed by atoms with E-state index >= 15 is 4.39 Å². The third-order valence-corrected chi connectivity index (χ3v) is 7.84. The van der Waals surface area contributed by atoms with Crippen molar-refractivity contribution in [1.82, 2.24) is 15.0 Å². The molecule has 0 radical (unpaired) electrons. The van der Waals surface area contributed by atoms with Crippen LogP contribution in [0.2, 0.25) is 0 Å². The topological polar surface area (TPSA) is 65.8 Å². The number of halogens is 2. The molecule has 1 amide bonds. The van der Waals surface area contributed by atoms with Gasteiger partial charge >= 0.3 is 0 Å². The van der Waals surface area contributed by atoms with Crippen molar-refractivity contribution >= 4 is 11.4 Å². The molecule has 1 atom stereocenters. The van der Waals surface area contributed by atoms with Crippen LogP contribution in [-0.2, 0) is 5.54 Å². The Morgan fingerprint density at radius 3 is 2.35 bits per heavy atom. The van der Waals surface area contributed by atoms with E-state index in [0.717, 1.165) is 24.0 Å². The lowest BCUT2D eigenvalue weighted by atomic mass is 9.96. The number of hydrogen-bond acceptors (Lipinski definition) is 3. The van der Waals surface area contributed by atoms with Crippen molar-refractivity contribution in [1.29, 1.82) is 0 Å². The molecule has 202 valence electrons. The van der Waals surface area contributed by atoms with E-state index < -0.39 is 12.0 Å². The fourth-order valence-corrected chi connectivity index (χ4v) is 5.44. The van der Waals surface area contributed by atoms with Gasteiger partial charge in [-0.05, 0) is 79.4 Å². The summed E-state index contributed by atoms with van der Waals surface area (Å²) in [6.45, 7) is 1.87. The van der Waals surface area contributed by atoms with Crippen molar-refractivity contribution in [2.45, 2.75) is 31.5 Å². The Morgan fingerprint density at radius 1 is 0.950 bits per heavy atom. The fourth-order valence-electron chi connectivity index (χ4n) is 5.44. The van der Waals surface area contributed by atoms with E-state index in [0.29, 0.717) is 33.4 Å². The summed E-state index contributed by atoms with van der Waals surface area (Å²) < 4.78 is 31.6. The molecule has 1 fully saturated rings. The zero-order chi connectivity index (χ0) is 28.0. The van der Waals surface area contributed by atoms with Crippen LogP contribution in [0.3, 0.4) is 0 Å². The van der Waals surface area contributed by atoms with Gasteiger partial charge in [0.25, 0.3) is 5.91 Å². The van der Waals surface area contributed by atoms with Crippen molar-refractivity contribution in [2.24, 2.45) is 0 Å². The van der Waals surface area contributed by atoms with Gasteiger partial charge in [-0.2, -0.15) is 0 Å². The molecule has 40 heavy (non-hydrogen) atoms. The summed E-state index contributed by atoms with van der Waals surface area (Å²) >= 11 is 0. The van der Waals surface area contributed by atoms with Crippen LogP contribution < -0.4 is 10.6 Å². The lowest BCUT2D eigenvalue weighted by molar-refractivity contribution is 0.0931. The number of fused-ring (bicyclic) bond motifs is 1. The van der Waals surface area contributed by atoms with Crippen LogP contribution in [0.5, 0.6) is 0 Å². The molecule has 7 heteroatoms. The number of aryl methyl sites for hydroxylation is 1. The number of carbonyl (C=O) groups excluding carboxylic acids is 1. The quantitative estimate of drug-likeness (QED) is 0.208. The molecule has 2 heterocycles.